The number of aryl methyl sites for hydroxylation is 1. The van der Waals surface area contributed by atoms with E-state index in [0.717, 1.165) is 15.8 Å². The minimum Gasteiger partial charge on any atom is -0.468 e. The van der Waals surface area contributed by atoms with Crippen LogP contribution in [0.2, 0.25) is 5.02 Å². The molecule has 0 saturated carbocycles. The second-order valence-electron chi connectivity index (χ2n) is 6.90. The van der Waals surface area contributed by atoms with Crippen molar-refractivity contribution in [1.82, 2.24) is 4.57 Å². The lowest BCUT2D eigenvalue weighted by molar-refractivity contribution is -0.141. The lowest BCUT2D eigenvalue weighted by Gasteiger charge is -2.04. The zero-order chi connectivity index (χ0) is 22.6. The maximum atomic E-state index is 12.4. The van der Waals surface area contributed by atoms with Crippen molar-refractivity contribution in [3.63, 3.8) is 0 Å². The van der Waals surface area contributed by atoms with E-state index in [2.05, 4.69) is 4.99 Å². The van der Waals surface area contributed by atoms with Crippen LogP contribution < -0.4 is 4.80 Å². The van der Waals surface area contributed by atoms with Gasteiger partial charge in [0.15, 0.2) is 14.6 Å². The number of aromatic nitrogens is 1. The van der Waals surface area contributed by atoms with Crippen LogP contribution >= 0.6 is 22.9 Å². The Kier molecular flexibility index (Phi) is 7.30. The molecule has 7 nitrogen and oxygen atoms in total. The normalized spacial score (nSPS) is 12.3. The standard InChI is InChI=1S/C21H21ClN2O5S2/c1-14-5-10-17-18(12-14)30-21(24(17)13-20(26)29-2)23-19(25)4-3-11-31(27,28)16-8-6-15(22)7-9-16/h5-10,12H,3-4,11,13H2,1-2H3. The molecule has 2 aromatic carbocycles. The van der Waals surface area contributed by atoms with E-state index in [1.165, 1.54) is 42.7 Å². The van der Waals surface area contributed by atoms with Gasteiger partial charge in [-0.05, 0) is 55.3 Å². The second kappa shape index (κ2) is 9.76. The van der Waals surface area contributed by atoms with Crippen LogP contribution in [-0.4, -0.2) is 37.7 Å². The van der Waals surface area contributed by atoms with Gasteiger partial charge in [-0.3, -0.25) is 9.59 Å². The molecule has 0 atom stereocenters. The topological polar surface area (TPSA) is 94.8 Å². The molecule has 0 spiro atoms. The van der Waals surface area contributed by atoms with Crippen LogP contribution in [0.25, 0.3) is 10.2 Å². The second-order valence-corrected chi connectivity index (χ2v) is 10.5. The lowest BCUT2D eigenvalue weighted by atomic mass is 10.2. The number of carbonyl (C=O) groups excluding carboxylic acids is 2. The SMILES string of the molecule is COC(=O)Cn1c(=NC(=O)CCCS(=O)(=O)c2ccc(Cl)cc2)sc2cc(C)ccc21. The van der Waals surface area contributed by atoms with E-state index in [1.807, 2.05) is 25.1 Å². The van der Waals surface area contributed by atoms with E-state index in [1.54, 1.807) is 4.57 Å². The van der Waals surface area contributed by atoms with Crippen LogP contribution in [0.1, 0.15) is 18.4 Å². The minimum atomic E-state index is -3.51. The Morgan fingerprint density at radius 3 is 2.55 bits per heavy atom. The van der Waals surface area contributed by atoms with E-state index in [0.29, 0.717) is 9.82 Å². The Morgan fingerprint density at radius 2 is 1.87 bits per heavy atom. The zero-order valence-corrected chi connectivity index (χ0v) is 19.4. The predicted octanol–water partition coefficient (Wildman–Crippen LogP) is 3.52. The molecule has 0 fully saturated rings. The number of esters is 1. The number of thiazole rings is 1. The van der Waals surface area contributed by atoms with E-state index in [9.17, 15) is 18.0 Å². The number of rotatable bonds is 7. The van der Waals surface area contributed by atoms with Crippen molar-refractivity contribution >= 4 is 54.9 Å². The fraction of sp³-hybridized carbons (Fsp3) is 0.286. The van der Waals surface area contributed by atoms with Gasteiger partial charge in [-0.2, -0.15) is 4.99 Å². The molecule has 0 saturated heterocycles. The van der Waals surface area contributed by atoms with Gasteiger partial charge in [0.05, 0.1) is 28.0 Å². The van der Waals surface area contributed by atoms with Gasteiger partial charge >= 0.3 is 5.97 Å². The van der Waals surface area contributed by atoms with Gasteiger partial charge in [0.2, 0.25) is 5.91 Å². The number of carbonyl (C=O) groups is 2. The summed E-state index contributed by atoms with van der Waals surface area (Å²) in [5.41, 5.74) is 1.82. The Morgan fingerprint density at radius 1 is 1.16 bits per heavy atom. The Balaban J connectivity index is 1.78. The first kappa shape index (κ1) is 23.2. The highest BCUT2D eigenvalue weighted by molar-refractivity contribution is 7.91. The molecule has 10 heteroatoms. The number of hydrogen-bond acceptors (Lipinski definition) is 6. The third-order valence-corrected chi connectivity index (χ3v) is 7.66. The van der Waals surface area contributed by atoms with E-state index >= 15 is 0 Å². The van der Waals surface area contributed by atoms with Crippen LogP contribution in [0, 0.1) is 6.92 Å². The molecule has 0 unspecified atom stereocenters. The summed E-state index contributed by atoms with van der Waals surface area (Å²) in [6.45, 7) is 1.88. The van der Waals surface area contributed by atoms with Crippen LogP contribution in [0.15, 0.2) is 52.4 Å². The third-order valence-electron chi connectivity index (χ3n) is 4.55. The quantitative estimate of drug-likeness (QED) is 0.482. The molecule has 0 aliphatic rings. The van der Waals surface area contributed by atoms with E-state index < -0.39 is 21.7 Å². The number of sulfone groups is 1. The Labute approximate surface area is 188 Å². The van der Waals surface area contributed by atoms with Crippen LogP contribution in [0.3, 0.4) is 0 Å². The molecule has 1 heterocycles. The summed E-state index contributed by atoms with van der Waals surface area (Å²) in [6.07, 6.45) is 0.104. The Hall–Kier alpha value is -2.49. The highest BCUT2D eigenvalue weighted by Crippen LogP contribution is 2.19. The Bertz CT molecular complexity index is 1290. The first-order chi connectivity index (χ1) is 14.7. The van der Waals surface area contributed by atoms with Gasteiger partial charge in [-0.15, -0.1) is 0 Å². The number of halogens is 1. The molecule has 0 radical (unpaired) electrons. The van der Waals surface area contributed by atoms with Crippen molar-refractivity contribution in [3.8, 4) is 0 Å². The first-order valence-corrected chi connectivity index (χ1v) is 12.3. The van der Waals surface area contributed by atoms with Crippen molar-refractivity contribution in [2.75, 3.05) is 12.9 Å². The highest BCUT2D eigenvalue weighted by atomic mass is 35.5. The summed E-state index contributed by atoms with van der Waals surface area (Å²) < 4.78 is 32.1. The number of ether oxygens (including phenoxy) is 1. The highest BCUT2D eigenvalue weighted by Gasteiger charge is 2.16. The largest absolute Gasteiger partial charge is 0.468 e. The average Bonchev–Trinajstić information content (AvgIpc) is 3.03. The number of amides is 1. The number of methoxy groups -OCH3 is 1. The molecular formula is C21H21ClN2O5S2. The molecule has 3 rings (SSSR count). The van der Waals surface area contributed by atoms with Gasteiger partial charge in [0, 0.05) is 11.4 Å². The van der Waals surface area contributed by atoms with Gasteiger partial charge in [-0.1, -0.05) is 29.0 Å². The molecule has 164 valence electrons. The van der Waals surface area contributed by atoms with Crippen molar-refractivity contribution in [2.45, 2.75) is 31.2 Å². The molecule has 1 aromatic heterocycles. The summed E-state index contributed by atoms with van der Waals surface area (Å²) in [4.78, 5) is 28.9. The van der Waals surface area contributed by atoms with Crippen LogP contribution in [0.4, 0.5) is 0 Å². The first-order valence-electron chi connectivity index (χ1n) is 9.42. The van der Waals surface area contributed by atoms with E-state index in [-0.39, 0.29) is 30.0 Å². The summed E-state index contributed by atoms with van der Waals surface area (Å²) >= 11 is 7.09. The smallest absolute Gasteiger partial charge is 0.325 e. The van der Waals surface area contributed by atoms with Crippen molar-refractivity contribution in [2.24, 2.45) is 4.99 Å². The van der Waals surface area contributed by atoms with Gasteiger partial charge < -0.3 is 9.30 Å². The molecular weight excluding hydrogens is 460 g/mol. The van der Waals surface area contributed by atoms with Gasteiger partial charge in [0.25, 0.3) is 0 Å². The zero-order valence-electron chi connectivity index (χ0n) is 17.0. The number of benzene rings is 2. The predicted molar refractivity (Wildman–Crippen MR) is 120 cm³/mol. The maximum Gasteiger partial charge on any atom is 0.325 e. The molecule has 31 heavy (non-hydrogen) atoms. The monoisotopic (exact) mass is 480 g/mol. The van der Waals surface area contributed by atoms with Crippen LogP contribution in [-0.2, 0) is 30.7 Å². The number of fused-ring (bicyclic) bond motifs is 1. The van der Waals surface area contributed by atoms with Crippen molar-refractivity contribution in [3.05, 3.63) is 57.9 Å². The lowest BCUT2D eigenvalue weighted by Crippen LogP contribution is -2.22. The summed E-state index contributed by atoms with van der Waals surface area (Å²) in [6, 6.07) is 11.6. The molecule has 3 aromatic rings. The number of nitrogens with zero attached hydrogens (tertiary/aromatic N) is 2. The average molecular weight is 481 g/mol. The van der Waals surface area contributed by atoms with Gasteiger partial charge in [-0.25, -0.2) is 8.42 Å². The third kappa shape index (κ3) is 5.81. The van der Waals surface area contributed by atoms with Crippen LogP contribution in [0.5, 0.6) is 0 Å². The maximum absolute atomic E-state index is 12.4. The molecule has 1 amide bonds. The van der Waals surface area contributed by atoms with Gasteiger partial charge in [0.1, 0.15) is 6.54 Å². The fourth-order valence-corrected chi connectivity index (χ4v) is 5.53. The minimum absolute atomic E-state index is 0.0294. The summed E-state index contributed by atoms with van der Waals surface area (Å²) in [5, 5.41) is 0.451. The summed E-state index contributed by atoms with van der Waals surface area (Å²) in [7, 11) is -2.22. The van der Waals surface area contributed by atoms with E-state index in [4.69, 9.17) is 16.3 Å². The van der Waals surface area contributed by atoms with Crippen molar-refractivity contribution in [1.29, 1.82) is 0 Å². The summed E-state index contributed by atoms with van der Waals surface area (Å²) in [5.74, 6) is -1.08. The molecule has 0 aliphatic heterocycles. The number of hydrogen-bond donors (Lipinski definition) is 0. The molecule has 0 bridgehead atoms. The van der Waals surface area contributed by atoms with Crippen molar-refractivity contribution < 1.29 is 22.7 Å². The molecule has 0 N–H and O–H groups in total. The molecule has 0 aliphatic carbocycles. The fourth-order valence-electron chi connectivity index (χ4n) is 2.95.